The van der Waals surface area contributed by atoms with Gasteiger partial charge in [-0.2, -0.15) is 0 Å². The largest absolute Gasteiger partial charge is 0.298 e. The van der Waals surface area contributed by atoms with Crippen molar-refractivity contribution in [3.8, 4) is 11.1 Å². The van der Waals surface area contributed by atoms with Crippen LogP contribution in [-0.4, -0.2) is 10.9 Å². The topological polar surface area (TPSA) is 42.0 Å². The van der Waals surface area contributed by atoms with E-state index in [1.54, 1.807) is 6.20 Å². The van der Waals surface area contributed by atoms with Crippen molar-refractivity contribution in [1.82, 2.24) is 4.98 Å². The number of benzene rings is 2. The van der Waals surface area contributed by atoms with Crippen LogP contribution in [0, 0.1) is 0 Å². The van der Waals surface area contributed by atoms with E-state index in [2.05, 4.69) is 10.3 Å². The van der Waals surface area contributed by atoms with E-state index in [1.807, 2.05) is 60.0 Å². The van der Waals surface area contributed by atoms with Crippen LogP contribution in [0.25, 0.3) is 11.1 Å². The molecule has 0 aliphatic heterocycles. The van der Waals surface area contributed by atoms with Crippen LogP contribution in [0.3, 0.4) is 0 Å². The van der Waals surface area contributed by atoms with Crippen molar-refractivity contribution in [2.75, 3.05) is 5.32 Å². The summed E-state index contributed by atoms with van der Waals surface area (Å²) in [6, 6.07) is 17.4. The van der Waals surface area contributed by atoms with Gasteiger partial charge in [0.2, 0.25) is 0 Å². The van der Waals surface area contributed by atoms with Gasteiger partial charge in [-0.1, -0.05) is 48.5 Å². The SMILES string of the molecule is O=C(Nc1nccs1)c1ccccc1-c1ccccc1. The van der Waals surface area contributed by atoms with Gasteiger partial charge in [-0.15, -0.1) is 11.3 Å². The summed E-state index contributed by atoms with van der Waals surface area (Å²) >= 11 is 1.40. The molecular weight excluding hydrogens is 268 g/mol. The van der Waals surface area contributed by atoms with Crippen LogP contribution in [0.2, 0.25) is 0 Å². The van der Waals surface area contributed by atoms with Gasteiger partial charge < -0.3 is 0 Å². The second-order valence-corrected chi connectivity index (χ2v) is 5.10. The Balaban J connectivity index is 1.96. The average molecular weight is 280 g/mol. The van der Waals surface area contributed by atoms with Crippen molar-refractivity contribution in [2.24, 2.45) is 0 Å². The van der Waals surface area contributed by atoms with Crippen LogP contribution >= 0.6 is 11.3 Å². The van der Waals surface area contributed by atoms with E-state index in [0.29, 0.717) is 10.7 Å². The van der Waals surface area contributed by atoms with E-state index < -0.39 is 0 Å². The second kappa shape index (κ2) is 5.67. The van der Waals surface area contributed by atoms with E-state index in [1.165, 1.54) is 11.3 Å². The molecule has 0 spiro atoms. The zero-order chi connectivity index (χ0) is 13.8. The van der Waals surface area contributed by atoms with E-state index in [4.69, 9.17) is 0 Å². The summed E-state index contributed by atoms with van der Waals surface area (Å²) in [4.78, 5) is 16.4. The van der Waals surface area contributed by atoms with Gasteiger partial charge in [0.05, 0.1) is 0 Å². The normalized spacial score (nSPS) is 10.2. The highest BCUT2D eigenvalue weighted by Gasteiger charge is 2.13. The van der Waals surface area contributed by atoms with Gasteiger partial charge in [0.25, 0.3) is 5.91 Å². The summed E-state index contributed by atoms with van der Waals surface area (Å²) in [6.45, 7) is 0. The third-order valence-corrected chi connectivity index (χ3v) is 3.60. The number of carbonyl (C=O) groups is 1. The van der Waals surface area contributed by atoms with Crippen molar-refractivity contribution in [3.63, 3.8) is 0 Å². The number of aromatic nitrogens is 1. The Bertz CT molecular complexity index is 708. The molecule has 0 saturated carbocycles. The Labute approximate surface area is 120 Å². The molecule has 0 unspecified atom stereocenters. The van der Waals surface area contributed by atoms with Crippen LogP contribution in [0.4, 0.5) is 5.13 Å². The van der Waals surface area contributed by atoms with E-state index >= 15 is 0 Å². The lowest BCUT2D eigenvalue weighted by Crippen LogP contribution is -2.12. The fraction of sp³-hybridized carbons (Fsp3) is 0. The molecule has 1 aromatic heterocycles. The third kappa shape index (κ3) is 2.60. The fourth-order valence-electron chi connectivity index (χ4n) is 2.00. The molecule has 1 N–H and O–H groups in total. The molecule has 0 bridgehead atoms. The van der Waals surface area contributed by atoms with Gasteiger partial charge in [-0.25, -0.2) is 4.98 Å². The van der Waals surface area contributed by atoms with Gasteiger partial charge in [0.1, 0.15) is 0 Å². The molecule has 3 nitrogen and oxygen atoms in total. The summed E-state index contributed by atoms with van der Waals surface area (Å²) in [5, 5.41) is 5.26. The van der Waals surface area contributed by atoms with E-state index in [-0.39, 0.29) is 5.91 Å². The Kier molecular flexibility index (Phi) is 3.56. The molecule has 0 fully saturated rings. The minimum absolute atomic E-state index is 0.139. The maximum absolute atomic E-state index is 12.4. The van der Waals surface area contributed by atoms with Gasteiger partial charge in [0, 0.05) is 17.1 Å². The highest BCUT2D eigenvalue weighted by Crippen LogP contribution is 2.24. The molecule has 3 rings (SSSR count). The first-order valence-corrected chi connectivity index (χ1v) is 7.08. The molecule has 0 aliphatic rings. The second-order valence-electron chi connectivity index (χ2n) is 4.20. The molecule has 98 valence electrons. The summed E-state index contributed by atoms with van der Waals surface area (Å²) < 4.78 is 0. The van der Waals surface area contributed by atoms with E-state index in [0.717, 1.165) is 11.1 Å². The highest BCUT2D eigenvalue weighted by atomic mass is 32.1. The zero-order valence-corrected chi connectivity index (χ0v) is 11.4. The van der Waals surface area contributed by atoms with Crippen molar-refractivity contribution >= 4 is 22.4 Å². The van der Waals surface area contributed by atoms with Gasteiger partial charge in [0.15, 0.2) is 5.13 Å². The first kappa shape index (κ1) is 12.6. The van der Waals surface area contributed by atoms with Gasteiger partial charge in [-0.3, -0.25) is 10.1 Å². The molecule has 0 saturated heterocycles. The van der Waals surface area contributed by atoms with Crippen molar-refractivity contribution < 1.29 is 4.79 Å². The van der Waals surface area contributed by atoms with Crippen molar-refractivity contribution in [2.45, 2.75) is 0 Å². The molecule has 0 aliphatic carbocycles. The molecule has 3 aromatic rings. The Hall–Kier alpha value is -2.46. The van der Waals surface area contributed by atoms with Crippen LogP contribution in [0.15, 0.2) is 66.2 Å². The molecule has 0 radical (unpaired) electrons. The minimum atomic E-state index is -0.139. The number of anilines is 1. The first-order valence-electron chi connectivity index (χ1n) is 6.20. The predicted molar refractivity (Wildman–Crippen MR) is 81.9 cm³/mol. The number of thiazole rings is 1. The third-order valence-electron chi connectivity index (χ3n) is 2.91. The molecular formula is C16H12N2OS. The standard InChI is InChI=1S/C16H12N2OS/c19-15(18-16-17-10-11-20-16)14-9-5-4-8-13(14)12-6-2-1-3-7-12/h1-11H,(H,17,18,19). The number of rotatable bonds is 3. The number of hydrogen-bond donors (Lipinski definition) is 1. The Morgan fingerprint density at radius 2 is 1.75 bits per heavy atom. The van der Waals surface area contributed by atoms with Crippen LogP contribution in [0.5, 0.6) is 0 Å². The number of hydrogen-bond acceptors (Lipinski definition) is 3. The molecule has 0 atom stereocenters. The van der Waals surface area contributed by atoms with Crippen molar-refractivity contribution in [3.05, 3.63) is 71.7 Å². The molecule has 1 heterocycles. The van der Waals surface area contributed by atoms with Crippen LogP contribution < -0.4 is 5.32 Å². The Morgan fingerprint density at radius 3 is 2.50 bits per heavy atom. The van der Waals surface area contributed by atoms with Gasteiger partial charge in [-0.05, 0) is 17.2 Å². The zero-order valence-electron chi connectivity index (χ0n) is 10.6. The predicted octanol–water partition coefficient (Wildman–Crippen LogP) is 4.06. The van der Waals surface area contributed by atoms with Crippen LogP contribution in [0.1, 0.15) is 10.4 Å². The Morgan fingerprint density at radius 1 is 1.00 bits per heavy atom. The first-order chi connectivity index (χ1) is 9.84. The maximum Gasteiger partial charge on any atom is 0.258 e. The lowest BCUT2D eigenvalue weighted by molar-refractivity contribution is 0.102. The number of carbonyl (C=O) groups excluding carboxylic acids is 1. The average Bonchev–Trinajstić information content (AvgIpc) is 3.01. The summed E-state index contributed by atoms with van der Waals surface area (Å²) in [5.41, 5.74) is 2.59. The smallest absolute Gasteiger partial charge is 0.258 e. The highest BCUT2D eigenvalue weighted by molar-refractivity contribution is 7.13. The lowest BCUT2D eigenvalue weighted by atomic mass is 9.99. The summed E-state index contributed by atoms with van der Waals surface area (Å²) in [6.07, 6.45) is 1.67. The fourth-order valence-corrected chi connectivity index (χ4v) is 2.52. The summed E-state index contributed by atoms with van der Waals surface area (Å²) in [5.74, 6) is -0.139. The maximum atomic E-state index is 12.4. The number of nitrogens with one attached hydrogen (secondary N) is 1. The minimum Gasteiger partial charge on any atom is -0.298 e. The van der Waals surface area contributed by atoms with Crippen molar-refractivity contribution in [1.29, 1.82) is 0 Å². The van der Waals surface area contributed by atoms with E-state index in [9.17, 15) is 4.79 Å². The molecule has 20 heavy (non-hydrogen) atoms. The van der Waals surface area contributed by atoms with Crippen LogP contribution in [-0.2, 0) is 0 Å². The number of amides is 1. The van der Waals surface area contributed by atoms with Gasteiger partial charge >= 0.3 is 0 Å². The monoisotopic (exact) mass is 280 g/mol. The molecule has 2 aromatic carbocycles. The molecule has 4 heteroatoms. The number of nitrogens with zero attached hydrogens (tertiary/aromatic N) is 1. The molecule has 1 amide bonds. The quantitative estimate of drug-likeness (QED) is 0.786. The summed E-state index contributed by atoms with van der Waals surface area (Å²) in [7, 11) is 0. The lowest BCUT2D eigenvalue weighted by Gasteiger charge is -2.08.